The number of rotatable bonds is 6. The van der Waals surface area contributed by atoms with Crippen LogP contribution in [0.2, 0.25) is 5.02 Å². The topological polar surface area (TPSA) is 92.4 Å². The van der Waals surface area contributed by atoms with Crippen molar-refractivity contribution in [2.24, 2.45) is 0 Å². The van der Waals surface area contributed by atoms with Gasteiger partial charge in [0.15, 0.2) is 10.9 Å². The van der Waals surface area contributed by atoms with E-state index in [0.29, 0.717) is 28.9 Å². The standard InChI is InChI=1S/C29H32ClF2N7OS/c1-15(12-38-9-3-2-4-10-38)40-29-36-24-19(27(37-29)39-13-16-5-6-17(14-39)34-16)11-20(30)22(23(24)32)18-7-8-21(31)26-25(18)35-28(33)41-26/h7-8,11,15-17,34H,2-6,9-10,12-14H2,1H3,(H2,33,35)/t15-,16?,17?/m0/s1. The van der Waals surface area contributed by atoms with Crippen molar-refractivity contribution < 1.29 is 13.5 Å². The molecule has 2 bridgehead atoms. The number of aromatic nitrogens is 3. The summed E-state index contributed by atoms with van der Waals surface area (Å²) in [7, 11) is 0. The number of nitrogens with zero attached hydrogens (tertiary/aromatic N) is 5. The van der Waals surface area contributed by atoms with Gasteiger partial charge in [-0.05, 0) is 63.9 Å². The lowest BCUT2D eigenvalue weighted by Gasteiger charge is -2.34. The molecule has 0 spiro atoms. The number of nitrogens with two attached hydrogens (primary N) is 1. The van der Waals surface area contributed by atoms with Crippen molar-refractivity contribution in [2.75, 3.05) is 43.4 Å². The van der Waals surface area contributed by atoms with E-state index in [4.69, 9.17) is 27.1 Å². The fraction of sp³-hybridized carbons (Fsp3) is 0.483. The SMILES string of the molecule is C[C@@H](CN1CCCCC1)Oc1nc(N2CC3CCC(C2)N3)c2cc(Cl)c(-c3ccc(F)c4sc(N)nc34)c(F)c2n1. The minimum Gasteiger partial charge on any atom is -0.459 e. The highest BCUT2D eigenvalue weighted by Crippen LogP contribution is 2.43. The van der Waals surface area contributed by atoms with Crippen LogP contribution >= 0.6 is 22.9 Å². The number of halogens is 3. The van der Waals surface area contributed by atoms with Gasteiger partial charge in [0, 0.05) is 48.2 Å². The Morgan fingerprint density at radius 1 is 1.10 bits per heavy atom. The minimum atomic E-state index is -0.623. The maximum Gasteiger partial charge on any atom is 0.319 e. The van der Waals surface area contributed by atoms with Crippen LogP contribution < -0.4 is 20.7 Å². The van der Waals surface area contributed by atoms with Gasteiger partial charge in [-0.1, -0.05) is 29.4 Å². The number of fused-ring (bicyclic) bond motifs is 4. The van der Waals surface area contributed by atoms with Crippen LogP contribution in [0.4, 0.5) is 19.7 Å². The second kappa shape index (κ2) is 10.8. The molecule has 2 aromatic heterocycles. The van der Waals surface area contributed by atoms with E-state index in [1.165, 1.54) is 31.4 Å². The average molecular weight is 600 g/mol. The van der Waals surface area contributed by atoms with Crippen molar-refractivity contribution in [1.29, 1.82) is 0 Å². The van der Waals surface area contributed by atoms with Crippen LogP contribution in [0.3, 0.4) is 0 Å². The lowest BCUT2D eigenvalue weighted by atomic mass is 10.0. The number of nitrogens with one attached hydrogen (secondary N) is 1. The third-order valence-corrected chi connectivity index (χ3v) is 9.60. The number of hydrogen-bond donors (Lipinski definition) is 2. The van der Waals surface area contributed by atoms with Gasteiger partial charge >= 0.3 is 6.01 Å². The average Bonchev–Trinajstić information content (AvgIpc) is 3.51. The zero-order chi connectivity index (χ0) is 28.2. The Bertz CT molecular complexity index is 1620. The van der Waals surface area contributed by atoms with E-state index in [1.54, 1.807) is 6.07 Å². The molecule has 2 aromatic carbocycles. The minimum absolute atomic E-state index is 0.104. The molecule has 0 aliphatic carbocycles. The number of hydrogen-bond acceptors (Lipinski definition) is 9. The summed E-state index contributed by atoms with van der Waals surface area (Å²) in [5.74, 6) is -0.475. The molecule has 41 heavy (non-hydrogen) atoms. The van der Waals surface area contributed by atoms with E-state index in [0.717, 1.165) is 56.9 Å². The van der Waals surface area contributed by atoms with Crippen LogP contribution in [0.25, 0.3) is 32.2 Å². The van der Waals surface area contributed by atoms with Gasteiger partial charge in [-0.3, -0.25) is 4.90 Å². The van der Waals surface area contributed by atoms with Gasteiger partial charge in [-0.25, -0.2) is 13.8 Å². The Morgan fingerprint density at radius 2 is 1.85 bits per heavy atom. The molecule has 3 N–H and O–H groups in total. The molecule has 216 valence electrons. The van der Waals surface area contributed by atoms with E-state index < -0.39 is 11.6 Å². The van der Waals surface area contributed by atoms with Gasteiger partial charge in [-0.2, -0.15) is 9.97 Å². The molecule has 3 fully saturated rings. The van der Waals surface area contributed by atoms with Gasteiger partial charge in [0.2, 0.25) is 0 Å². The Kier molecular flexibility index (Phi) is 7.09. The predicted octanol–water partition coefficient (Wildman–Crippen LogP) is 5.61. The van der Waals surface area contributed by atoms with Gasteiger partial charge in [0.05, 0.1) is 15.2 Å². The van der Waals surface area contributed by atoms with Crippen molar-refractivity contribution in [2.45, 2.75) is 57.2 Å². The van der Waals surface area contributed by atoms with Gasteiger partial charge in [0.25, 0.3) is 0 Å². The Hall–Kier alpha value is -2.86. The highest BCUT2D eigenvalue weighted by atomic mass is 35.5. The van der Waals surface area contributed by atoms with Crippen molar-refractivity contribution in [3.05, 3.63) is 34.9 Å². The van der Waals surface area contributed by atoms with Crippen molar-refractivity contribution in [3.8, 4) is 17.1 Å². The maximum absolute atomic E-state index is 16.6. The molecule has 3 saturated heterocycles. The van der Waals surface area contributed by atoms with Crippen LogP contribution in [0.1, 0.15) is 39.0 Å². The molecule has 8 nitrogen and oxygen atoms in total. The molecule has 0 saturated carbocycles. The van der Waals surface area contributed by atoms with Crippen molar-refractivity contribution in [3.63, 3.8) is 0 Å². The Labute approximate surface area is 245 Å². The summed E-state index contributed by atoms with van der Waals surface area (Å²) in [6, 6.07) is 5.32. The fourth-order valence-electron chi connectivity index (χ4n) is 6.59. The molecule has 0 amide bonds. The molecule has 3 aliphatic rings. The zero-order valence-corrected chi connectivity index (χ0v) is 24.4. The first-order valence-corrected chi connectivity index (χ1v) is 15.5. The normalized spacial score (nSPS) is 22.1. The van der Waals surface area contributed by atoms with E-state index in [2.05, 4.69) is 25.1 Å². The molecule has 7 rings (SSSR count). The highest BCUT2D eigenvalue weighted by molar-refractivity contribution is 7.22. The maximum atomic E-state index is 16.6. The second-order valence-electron chi connectivity index (χ2n) is 11.4. The van der Waals surface area contributed by atoms with Crippen LogP contribution in [0.5, 0.6) is 6.01 Å². The molecule has 3 aliphatic heterocycles. The summed E-state index contributed by atoms with van der Waals surface area (Å²) in [5, 5.41) is 4.52. The number of likely N-dealkylation sites (tertiary alicyclic amines) is 1. The molecular weight excluding hydrogens is 568 g/mol. The number of anilines is 2. The number of ether oxygens (including phenoxy) is 1. The summed E-state index contributed by atoms with van der Waals surface area (Å²) in [6.45, 7) is 6.35. The molecule has 12 heteroatoms. The van der Waals surface area contributed by atoms with E-state index >= 15 is 4.39 Å². The number of piperidine rings is 1. The number of nitrogen functional groups attached to an aromatic ring is 1. The molecule has 5 heterocycles. The lowest BCUT2D eigenvalue weighted by Crippen LogP contribution is -2.51. The van der Waals surface area contributed by atoms with Crippen LogP contribution in [0, 0.1) is 11.6 Å². The van der Waals surface area contributed by atoms with E-state index in [1.807, 2.05) is 6.92 Å². The monoisotopic (exact) mass is 599 g/mol. The summed E-state index contributed by atoms with van der Waals surface area (Å²) >= 11 is 7.81. The summed E-state index contributed by atoms with van der Waals surface area (Å²) in [4.78, 5) is 18.3. The van der Waals surface area contributed by atoms with Crippen molar-refractivity contribution in [1.82, 2.24) is 25.2 Å². The van der Waals surface area contributed by atoms with Crippen LogP contribution in [-0.4, -0.2) is 70.8 Å². The summed E-state index contributed by atoms with van der Waals surface area (Å²) in [6.07, 6.45) is 5.64. The fourth-order valence-corrected chi connectivity index (χ4v) is 7.64. The van der Waals surface area contributed by atoms with E-state index in [9.17, 15) is 4.39 Å². The highest BCUT2D eigenvalue weighted by Gasteiger charge is 2.34. The van der Waals surface area contributed by atoms with Crippen molar-refractivity contribution >= 4 is 55.0 Å². The zero-order valence-electron chi connectivity index (χ0n) is 22.8. The quantitative estimate of drug-likeness (QED) is 0.295. The second-order valence-corrected chi connectivity index (χ2v) is 12.9. The predicted molar refractivity (Wildman–Crippen MR) is 160 cm³/mol. The lowest BCUT2D eigenvalue weighted by molar-refractivity contribution is 0.123. The third-order valence-electron chi connectivity index (χ3n) is 8.41. The summed E-state index contributed by atoms with van der Waals surface area (Å²) < 4.78 is 37.7. The first-order chi connectivity index (χ1) is 19.8. The van der Waals surface area contributed by atoms with Gasteiger partial charge in [-0.15, -0.1) is 0 Å². The smallest absolute Gasteiger partial charge is 0.319 e. The Morgan fingerprint density at radius 3 is 2.61 bits per heavy atom. The van der Waals surface area contributed by atoms with Gasteiger partial charge in [0.1, 0.15) is 23.3 Å². The largest absolute Gasteiger partial charge is 0.459 e. The summed E-state index contributed by atoms with van der Waals surface area (Å²) in [5.41, 5.74) is 6.75. The number of piperazine rings is 1. The van der Waals surface area contributed by atoms with Gasteiger partial charge < -0.3 is 20.7 Å². The molecule has 0 radical (unpaired) electrons. The number of benzene rings is 2. The van der Waals surface area contributed by atoms with E-state index in [-0.39, 0.29) is 43.6 Å². The molecule has 3 atom stereocenters. The molecular formula is C29H32ClF2N7OS. The first-order valence-electron chi connectivity index (χ1n) is 14.3. The van der Waals surface area contributed by atoms with Crippen LogP contribution in [-0.2, 0) is 0 Å². The molecule has 2 unspecified atom stereocenters. The third kappa shape index (κ3) is 5.07. The van der Waals surface area contributed by atoms with Crippen LogP contribution in [0.15, 0.2) is 18.2 Å². The number of thiazole rings is 1. The molecule has 4 aromatic rings. The first kappa shape index (κ1) is 27.0. The Balaban J connectivity index is 1.34.